The molecule has 0 heterocycles. The van der Waals surface area contributed by atoms with E-state index >= 15 is 0 Å². The molecule has 0 aliphatic heterocycles. The third-order valence-electron chi connectivity index (χ3n) is 4.32. The summed E-state index contributed by atoms with van der Waals surface area (Å²) >= 11 is 0. The molecule has 106 valence electrons. The Morgan fingerprint density at radius 1 is 1.37 bits per heavy atom. The fourth-order valence-electron chi connectivity index (χ4n) is 2.69. The van der Waals surface area contributed by atoms with Gasteiger partial charge in [0.2, 0.25) is 0 Å². The fourth-order valence-corrected chi connectivity index (χ4v) is 2.69. The lowest BCUT2D eigenvalue weighted by Crippen LogP contribution is -2.40. The number of rotatable bonds is 6. The van der Waals surface area contributed by atoms with Crippen LogP contribution in [-0.4, -0.2) is 18.2 Å². The van der Waals surface area contributed by atoms with Crippen molar-refractivity contribution in [3.05, 3.63) is 35.4 Å². The normalized spacial score (nSPS) is 18.9. The van der Waals surface area contributed by atoms with Crippen LogP contribution in [0.2, 0.25) is 0 Å². The molecule has 1 aliphatic carbocycles. The molecule has 0 aromatic heterocycles. The molecule has 1 aromatic rings. The maximum atomic E-state index is 13.5. The second kappa shape index (κ2) is 5.97. The first-order valence-corrected chi connectivity index (χ1v) is 6.90. The van der Waals surface area contributed by atoms with E-state index in [-0.39, 0.29) is 5.56 Å². The number of aliphatic hydroxyl groups is 1. The lowest BCUT2D eigenvalue weighted by atomic mass is 9.67. The summed E-state index contributed by atoms with van der Waals surface area (Å²) in [6.07, 6.45) is 3.90. The van der Waals surface area contributed by atoms with Gasteiger partial charge >= 0.3 is 0 Å². The van der Waals surface area contributed by atoms with Crippen LogP contribution >= 0.6 is 0 Å². The molecule has 0 spiro atoms. The Morgan fingerprint density at radius 2 is 2.11 bits per heavy atom. The zero-order valence-electron chi connectivity index (χ0n) is 11.3. The van der Waals surface area contributed by atoms with Crippen molar-refractivity contribution in [2.75, 3.05) is 13.1 Å². The third-order valence-corrected chi connectivity index (χ3v) is 4.32. The molecule has 4 heteroatoms. The van der Waals surface area contributed by atoms with Crippen LogP contribution in [0.15, 0.2) is 18.2 Å². The third kappa shape index (κ3) is 3.31. The lowest BCUT2D eigenvalue weighted by Gasteiger charge is -2.41. The first-order valence-electron chi connectivity index (χ1n) is 6.90. The highest BCUT2D eigenvalue weighted by Gasteiger charge is 2.34. The molecule has 0 bridgehead atoms. The summed E-state index contributed by atoms with van der Waals surface area (Å²) < 4.78 is 26.3. The maximum absolute atomic E-state index is 13.5. The van der Waals surface area contributed by atoms with Gasteiger partial charge in [-0.05, 0) is 30.7 Å². The van der Waals surface area contributed by atoms with Crippen LogP contribution < -0.4 is 5.32 Å². The minimum absolute atomic E-state index is 0.146. The van der Waals surface area contributed by atoms with Crippen LogP contribution in [0.25, 0.3) is 0 Å². The van der Waals surface area contributed by atoms with Crippen molar-refractivity contribution < 1.29 is 13.9 Å². The van der Waals surface area contributed by atoms with E-state index in [1.807, 2.05) is 0 Å². The predicted molar refractivity (Wildman–Crippen MR) is 70.8 cm³/mol. The van der Waals surface area contributed by atoms with E-state index in [0.717, 1.165) is 19.0 Å². The van der Waals surface area contributed by atoms with Crippen molar-refractivity contribution >= 4 is 0 Å². The van der Waals surface area contributed by atoms with E-state index < -0.39 is 17.7 Å². The Kier molecular flexibility index (Phi) is 4.53. The second-order valence-corrected chi connectivity index (χ2v) is 5.52. The standard InChI is InChI=1S/C15H21F2NO/c1-2-15(6-3-7-15)10-18-9-14(19)12-5-4-11(16)8-13(12)17/h4-5,8,14,18-19H,2-3,6-7,9-10H2,1H3. The SMILES string of the molecule is CCC1(CNCC(O)c2ccc(F)cc2F)CCC1. The second-order valence-electron chi connectivity index (χ2n) is 5.52. The van der Waals surface area contributed by atoms with Gasteiger partial charge in [-0.2, -0.15) is 0 Å². The van der Waals surface area contributed by atoms with E-state index in [2.05, 4.69) is 12.2 Å². The predicted octanol–water partition coefficient (Wildman–Crippen LogP) is 3.17. The van der Waals surface area contributed by atoms with Gasteiger partial charge in [0, 0.05) is 24.7 Å². The van der Waals surface area contributed by atoms with Gasteiger partial charge in [-0.15, -0.1) is 0 Å². The van der Waals surface area contributed by atoms with Crippen molar-refractivity contribution in [2.45, 2.75) is 38.7 Å². The van der Waals surface area contributed by atoms with Crippen molar-refractivity contribution in [3.8, 4) is 0 Å². The first kappa shape index (κ1) is 14.4. The quantitative estimate of drug-likeness (QED) is 0.831. The number of halogens is 2. The molecule has 1 saturated carbocycles. The molecule has 0 saturated heterocycles. The molecule has 1 aliphatic rings. The van der Waals surface area contributed by atoms with E-state index in [0.29, 0.717) is 12.0 Å². The van der Waals surface area contributed by atoms with E-state index in [4.69, 9.17) is 0 Å². The van der Waals surface area contributed by atoms with Gasteiger partial charge < -0.3 is 10.4 Å². The highest BCUT2D eigenvalue weighted by molar-refractivity contribution is 5.21. The summed E-state index contributed by atoms with van der Waals surface area (Å²) in [7, 11) is 0. The zero-order valence-corrected chi connectivity index (χ0v) is 11.3. The van der Waals surface area contributed by atoms with Gasteiger partial charge in [0.25, 0.3) is 0 Å². The maximum Gasteiger partial charge on any atom is 0.131 e. The van der Waals surface area contributed by atoms with Crippen LogP contribution in [0.4, 0.5) is 8.78 Å². The minimum atomic E-state index is -0.936. The molecule has 19 heavy (non-hydrogen) atoms. The topological polar surface area (TPSA) is 32.3 Å². The molecule has 1 fully saturated rings. The molecule has 0 amide bonds. The summed E-state index contributed by atoms with van der Waals surface area (Å²) in [6, 6.07) is 3.27. The van der Waals surface area contributed by atoms with Gasteiger partial charge in [-0.3, -0.25) is 0 Å². The van der Waals surface area contributed by atoms with Crippen molar-refractivity contribution in [1.82, 2.24) is 5.32 Å². The Bertz CT molecular complexity index is 427. The smallest absolute Gasteiger partial charge is 0.131 e. The number of hydrogen-bond acceptors (Lipinski definition) is 2. The van der Waals surface area contributed by atoms with Crippen LogP contribution in [0.5, 0.6) is 0 Å². The van der Waals surface area contributed by atoms with Crippen LogP contribution in [0.3, 0.4) is 0 Å². The van der Waals surface area contributed by atoms with E-state index in [1.165, 1.54) is 31.4 Å². The van der Waals surface area contributed by atoms with Crippen LogP contribution in [-0.2, 0) is 0 Å². The van der Waals surface area contributed by atoms with Gasteiger partial charge in [0.1, 0.15) is 11.6 Å². The monoisotopic (exact) mass is 269 g/mol. The fraction of sp³-hybridized carbons (Fsp3) is 0.600. The van der Waals surface area contributed by atoms with Crippen molar-refractivity contribution in [3.63, 3.8) is 0 Å². The first-order chi connectivity index (χ1) is 9.06. The Hall–Kier alpha value is -1.00. The molecule has 1 atom stereocenters. The van der Waals surface area contributed by atoms with Gasteiger partial charge in [0.05, 0.1) is 6.10 Å². The van der Waals surface area contributed by atoms with Crippen molar-refractivity contribution in [1.29, 1.82) is 0 Å². The highest BCUT2D eigenvalue weighted by Crippen LogP contribution is 2.43. The Labute approximate surface area is 112 Å². The highest BCUT2D eigenvalue weighted by atomic mass is 19.1. The average molecular weight is 269 g/mol. The summed E-state index contributed by atoms with van der Waals surface area (Å²) in [4.78, 5) is 0. The molecular weight excluding hydrogens is 248 g/mol. The summed E-state index contributed by atoms with van der Waals surface area (Å²) in [5.74, 6) is -1.32. The number of benzene rings is 1. The molecule has 2 nitrogen and oxygen atoms in total. The van der Waals surface area contributed by atoms with E-state index in [9.17, 15) is 13.9 Å². The molecule has 0 radical (unpaired) electrons. The number of hydrogen-bond donors (Lipinski definition) is 2. The average Bonchev–Trinajstić information content (AvgIpc) is 2.32. The molecule has 2 rings (SSSR count). The van der Waals surface area contributed by atoms with Crippen LogP contribution in [0.1, 0.15) is 44.3 Å². The summed E-state index contributed by atoms with van der Waals surface area (Å²) in [6.45, 7) is 3.32. The molecular formula is C15H21F2NO. The molecule has 1 aromatic carbocycles. The van der Waals surface area contributed by atoms with Gasteiger partial charge in [-0.1, -0.05) is 19.4 Å². The lowest BCUT2D eigenvalue weighted by molar-refractivity contribution is 0.109. The van der Waals surface area contributed by atoms with Crippen molar-refractivity contribution in [2.24, 2.45) is 5.41 Å². The number of aliphatic hydroxyl groups excluding tert-OH is 1. The van der Waals surface area contributed by atoms with E-state index in [1.54, 1.807) is 0 Å². The van der Waals surface area contributed by atoms with Crippen LogP contribution in [0, 0.1) is 17.0 Å². The summed E-state index contributed by atoms with van der Waals surface area (Å²) in [5, 5.41) is 13.1. The summed E-state index contributed by atoms with van der Waals surface area (Å²) in [5.41, 5.74) is 0.509. The number of nitrogens with one attached hydrogen (secondary N) is 1. The molecule has 1 unspecified atom stereocenters. The molecule has 2 N–H and O–H groups in total. The van der Waals surface area contributed by atoms with Gasteiger partial charge in [0.15, 0.2) is 0 Å². The zero-order chi connectivity index (χ0) is 13.9. The van der Waals surface area contributed by atoms with Gasteiger partial charge in [-0.25, -0.2) is 8.78 Å². The minimum Gasteiger partial charge on any atom is -0.387 e. The largest absolute Gasteiger partial charge is 0.387 e. The Balaban J connectivity index is 1.85. The Morgan fingerprint density at radius 3 is 2.63 bits per heavy atom.